The molecule has 1 aromatic rings. The Bertz CT molecular complexity index is 450. The second kappa shape index (κ2) is 5.80. The first-order valence-electron chi connectivity index (χ1n) is 6.88. The zero-order chi connectivity index (χ0) is 13.2. The summed E-state index contributed by atoms with van der Waals surface area (Å²) in [6.07, 6.45) is 2.52. The van der Waals surface area contributed by atoms with Gasteiger partial charge in [0, 0.05) is 23.1 Å². The molecule has 0 aromatic heterocycles. The van der Waals surface area contributed by atoms with E-state index in [2.05, 4.69) is 24.4 Å². The third kappa shape index (κ3) is 3.29. The molecule has 1 saturated heterocycles. The van der Waals surface area contributed by atoms with Crippen LogP contribution in [-0.4, -0.2) is 23.5 Å². The van der Waals surface area contributed by atoms with E-state index in [-0.39, 0.29) is 5.91 Å². The summed E-state index contributed by atoms with van der Waals surface area (Å²) in [6.45, 7) is 2.11. The molecule has 2 fully saturated rings. The molecule has 1 N–H and O–H groups in total. The van der Waals surface area contributed by atoms with Gasteiger partial charge in [-0.15, -0.1) is 23.5 Å². The van der Waals surface area contributed by atoms with Crippen LogP contribution in [0.5, 0.6) is 0 Å². The number of thioether (sulfide) groups is 2. The number of benzene rings is 1. The fraction of sp³-hybridized carbons (Fsp3) is 0.533. The maximum absolute atomic E-state index is 12.1. The number of rotatable bonds is 4. The molecule has 0 bridgehead atoms. The van der Waals surface area contributed by atoms with E-state index in [1.807, 2.05) is 35.7 Å². The molecule has 2 nitrogen and oxygen atoms in total. The van der Waals surface area contributed by atoms with Crippen LogP contribution in [0.3, 0.4) is 0 Å². The Morgan fingerprint density at radius 3 is 2.42 bits per heavy atom. The molecule has 1 amide bonds. The van der Waals surface area contributed by atoms with Gasteiger partial charge in [0.1, 0.15) is 0 Å². The predicted octanol–water partition coefficient (Wildman–Crippen LogP) is 3.69. The van der Waals surface area contributed by atoms with Gasteiger partial charge in [0.15, 0.2) is 0 Å². The molecule has 19 heavy (non-hydrogen) atoms. The maximum Gasteiger partial charge on any atom is 0.251 e. The Morgan fingerprint density at radius 2 is 1.84 bits per heavy atom. The van der Waals surface area contributed by atoms with Crippen molar-refractivity contribution in [3.8, 4) is 0 Å². The van der Waals surface area contributed by atoms with Crippen LogP contribution in [-0.2, 0) is 0 Å². The standard InChI is InChI=1S/C15H19NOS2/c1-10(11-2-3-11)16-14(17)12-4-6-13(7-5-12)15-18-8-9-19-15/h4-7,10-11,15H,2-3,8-9H2,1H3,(H,16,17). The average Bonchev–Trinajstić information content (AvgIpc) is 3.14. The normalized spacial score (nSPS) is 21.3. The zero-order valence-electron chi connectivity index (χ0n) is 11.1. The molecule has 0 radical (unpaired) electrons. The molecule has 2 aliphatic rings. The quantitative estimate of drug-likeness (QED) is 0.918. The summed E-state index contributed by atoms with van der Waals surface area (Å²) < 4.78 is 0.558. The first-order chi connectivity index (χ1) is 9.24. The van der Waals surface area contributed by atoms with E-state index < -0.39 is 0 Å². The van der Waals surface area contributed by atoms with Crippen molar-refractivity contribution < 1.29 is 4.79 Å². The Kier molecular flexibility index (Phi) is 4.08. The zero-order valence-corrected chi connectivity index (χ0v) is 12.7. The summed E-state index contributed by atoms with van der Waals surface area (Å²) >= 11 is 3.99. The summed E-state index contributed by atoms with van der Waals surface area (Å²) in [5.74, 6) is 3.24. The van der Waals surface area contributed by atoms with Gasteiger partial charge in [-0.1, -0.05) is 12.1 Å². The second-order valence-corrected chi connectivity index (χ2v) is 8.02. The van der Waals surface area contributed by atoms with Gasteiger partial charge in [0.2, 0.25) is 0 Å². The van der Waals surface area contributed by atoms with E-state index in [1.165, 1.54) is 29.9 Å². The molecule has 1 unspecified atom stereocenters. The fourth-order valence-corrected chi connectivity index (χ4v) is 5.21. The number of carbonyl (C=O) groups is 1. The van der Waals surface area contributed by atoms with Gasteiger partial charge in [-0.2, -0.15) is 0 Å². The van der Waals surface area contributed by atoms with Crippen LogP contribution in [0.4, 0.5) is 0 Å². The number of hydrogen-bond acceptors (Lipinski definition) is 3. The van der Waals surface area contributed by atoms with Crippen molar-refractivity contribution in [2.45, 2.75) is 30.4 Å². The Balaban J connectivity index is 1.62. The van der Waals surface area contributed by atoms with E-state index >= 15 is 0 Å². The van der Waals surface area contributed by atoms with Crippen molar-refractivity contribution >= 4 is 29.4 Å². The van der Waals surface area contributed by atoms with Crippen LogP contribution in [0.15, 0.2) is 24.3 Å². The molecule has 0 spiro atoms. The van der Waals surface area contributed by atoms with Gasteiger partial charge in [-0.25, -0.2) is 0 Å². The van der Waals surface area contributed by atoms with E-state index in [0.29, 0.717) is 16.5 Å². The summed E-state index contributed by atoms with van der Waals surface area (Å²) in [5.41, 5.74) is 2.11. The van der Waals surface area contributed by atoms with Crippen LogP contribution in [0.2, 0.25) is 0 Å². The Morgan fingerprint density at radius 1 is 1.21 bits per heavy atom. The largest absolute Gasteiger partial charge is 0.349 e. The minimum absolute atomic E-state index is 0.0673. The lowest BCUT2D eigenvalue weighted by molar-refractivity contribution is 0.0936. The van der Waals surface area contributed by atoms with Crippen molar-refractivity contribution in [2.75, 3.05) is 11.5 Å². The smallest absolute Gasteiger partial charge is 0.251 e. The molecule has 1 saturated carbocycles. The van der Waals surface area contributed by atoms with E-state index in [9.17, 15) is 4.79 Å². The highest BCUT2D eigenvalue weighted by Gasteiger charge is 2.29. The fourth-order valence-electron chi connectivity index (χ4n) is 2.35. The highest BCUT2D eigenvalue weighted by Crippen LogP contribution is 2.45. The summed E-state index contributed by atoms with van der Waals surface area (Å²) in [7, 11) is 0. The molecule has 3 rings (SSSR count). The lowest BCUT2D eigenvalue weighted by atomic mass is 10.1. The summed E-state index contributed by atoms with van der Waals surface area (Å²) in [6, 6.07) is 8.44. The highest BCUT2D eigenvalue weighted by molar-refractivity contribution is 8.19. The summed E-state index contributed by atoms with van der Waals surface area (Å²) in [5, 5.41) is 3.10. The highest BCUT2D eigenvalue weighted by atomic mass is 32.2. The molecule has 1 atom stereocenters. The van der Waals surface area contributed by atoms with Crippen molar-refractivity contribution in [1.82, 2.24) is 5.32 Å². The van der Waals surface area contributed by atoms with Crippen LogP contribution < -0.4 is 5.32 Å². The molecule has 1 heterocycles. The third-order valence-corrected chi connectivity index (χ3v) is 6.86. The lowest BCUT2D eigenvalue weighted by Gasteiger charge is -2.13. The van der Waals surface area contributed by atoms with Gasteiger partial charge < -0.3 is 5.32 Å². The topological polar surface area (TPSA) is 29.1 Å². The minimum atomic E-state index is 0.0673. The number of hydrogen-bond donors (Lipinski definition) is 1. The average molecular weight is 293 g/mol. The molecule has 1 aliphatic carbocycles. The molecular weight excluding hydrogens is 274 g/mol. The molecule has 1 aromatic carbocycles. The Hall–Kier alpha value is -0.610. The minimum Gasteiger partial charge on any atom is -0.349 e. The van der Waals surface area contributed by atoms with Crippen molar-refractivity contribution in [3.63, 3.8) is 0 Å². The van der Waals surface area contributed by atoms with Crippen molar-refractivity contribution in [2.24, 2.45) is 5.92 Å². The van der Waals surface area contributed by atoms with Gasteiger partial charge in [0.05, 0.1) is 4.58 Å². The first kappa shape index (κ1) is 13.4. The van der Waals surface area contributed by atoms with Crippen molar-refractivity contribution in [1.29, 1.82) is 0 Å². The van der Waals surface area contributed by atoms with E-state index in [0.717, 1.165) is 5.56 Å². The molecule has 1 aliphatic heterocycles. The number of carbonyl (C=O) groups excluding carboxylic acids is 1. The number of amides is 1. The van der Waals surface area contributed by atoms with Crippen LogP contribution in [0.1, 0.15) is 40.3 Å². The Labute approximate surface area is 123 Å². The molecular formula is C15H19NOS2. The second-order valence-electron chi connectivity index (χ2n) is 5.30. The van der Waals surface area contributed by atoms with Crippen LogP contribution in [0, 0.1) is 5.92 Å². The van der Waals surface area contributed by atoms with Crippen molar-refractivity contribution in [3.05, 3.63) is 35.4 Å². The van der Waals surface area contributed by atoms with Gasteiger partial charge in [-0.3, -0.25) is 4.79 Å². The number of nitrogens with one attached hydrogen (secondary N) is 1. The van der Waals surface area contributed by atoms with E-state index in [1.54, 1.807) is 0 Å². The molecule has 4 heteroatoms. The summed E-state index contributed by atoms with van der Waals surface area (Å²) in [4.78, 5) is 12.1. The lowest BCUT2D eigenvalue weighted by Crippen LogP contribution is -2.33. The first-order valence-corrected chi connectivity index (χ1v) is 8.98. The third-order valence-electron chi connectivity index (χ3n) is 3.75. The van der Waals surface area contributed by atoms with Gasteiger partial charge in [-0.05, 0) is 43.4 Å². The monoisotopic (exact) mass is 293 g/mol. The van der Waals surface area contributed by atoms with Gasteiger partial charge >= 0.3 is 0 Å². The SMILES string of the molecule is CC(NC(=O)c1ccc(C2SCCS2)cc1)C1CC1. The predicted molar refractivity (Wildman–Crippen MR) is 83.8 cm³/mol. The maximum atomic E-state index is 12.1. The molecule has 102 valence electrons. The van der Waals surface area contributed by atoms with Crippen LogP contribution >= 0.6 is 23.5 Å². The van der Waals surface area contributed by atoms with Crippen LogP contribution in [0.25, 0.3) is 0 Å². The van der Waals surface area contributed by atoms with E-state index in [4.69, 9.17) is 0 Å². The van der Waals surface area contributed by atoms with Gasteiger partial charge in [0.25, 0.3) is 5.91 Å².